The Morgan fingerprint density at radius 2 is 2.45 bits per heavy atom. The molecule has 0 fully saturated rings. The molecule has 0 radical (unpaired) electrons. The van der Waals surface area contributed by atoms with E-state index >= 15 is 0 Å². The SMILES string of the molecule is N[C@H]1C[C@@H](O)c2cccnc21. The van der Waals surface area contributed by atoms with Crippen LogP contribution in [0.4, 0.5) is 0 Å². The molecule has 3 nitrogen and oxygen atoms in total. The number of hydrogen-bond donors (Lipinski definition) is 2. The molecule has 1 aromatic rings. The van der Waals surface area contributed by atoms with Crippen molar-refractivity contribution in [3.8, 4) is 0 Å². The molecule has 0 saturated carbocycles. The van der Waals surface area contributed by atoms with Crippen molar-refractivity contribution in [1.82, 2.24) is 4.98 Å². The van der Waals surface area contributed by atoms with Crippen LogP contribution in [0.5, 0.6) is 0 Å². The van der Waals surface area contributed by atoms with Crippen LogP contribution in [0.15, 0.2) is 18.3 Å². The minimum absolute atomic E-state index is 0.0822. The van der Waals surface area contributed by atoms with Crippen molar-refractivity contribution < 1.29 is 5.11 Å². The van der Waals surface area contributed by atoms with Crippen LogP contribution in [0.2, 0.25) is 0 Å². The topological polar surface area (TPSA) is 59.1 Å². The van der Waals surface area contributed by atoms with Gasteiger partial charge in [-0.3, -0.25) is 4.98 Å². The Balaban J connectivity index is 2.52. The van der Waals surface area contributed by atoms with Crippen molar-refractivity contribution in [2.75, 3.05) is 0 Å². The van der Waals surface area contributed by atoms with Crippen LogP contribution in [-0.2, 0) is 0 Å². The molecule has 3 heteroatoms. The van der Waals surface area contributed by atoms with Gasteiger partial charge in [-0.1, -0.05) is 6.07 Å². The molecule has 1 heterocycles. The summed E-state index contributed by atoms with van der Waals surface area (Å²) >= 11 is 0. The monoisotopic (exact) mass is 150 g/mol. The molecule has 58 valence electrons. The second-order valence-corrected chi connectivity index (χ2v) is 2.84. The zero-order valence-electron chi connectivity index (χ0n) is 6.07. The molecule has 0 aliphatic heterocycles. The molecule has 1 aliphatic rings. The Morgan fingerprint density at radius 3 is 3.18 bits per heavy atom. The highest BCUT2D eigenvalue weighted by Gasteiger charge is 2.27. The number of aliphatic hydroxyl groups excluding tert-OH is 1. The van der Waals surface area contributed by atoms with Crippen molar-refractivity contribution in [2.45, 2.75) is 18.6 Å². The average molecular weight is 150 g/mol. The Bertz CT molecular complexity index is 248. The third kappa shape index (κ3) is 0.931. The molecule has 0 unspecified atom stereocenters. The first-order valence-corrected chi connectivity index (χ1v) is 3.67. The second kappa shape index (κ2) is 2.29. The number of pyridine rings is 1. The molecule has 0 amide bonds. The lowest BCUT2D eigenvalue weighted by Crippen LogP contribution is -2.06. The Kier molecular flexibility index (Phi) is 1.41. The molecule has 0 spiro atoms. The number of nitrogens with zero attached hydrogens (tertiary/aromatic N) is 1. The number of rotatable bonds is 0. The van der Waals surface area contributed by atoms with Crippen molar-refractivity contribution >= 4 is 0 Å². The average Bonchev–Trinajstić information content (AvgIpc) is 2.30. The van der Waals surface area contributed by atoms with Gasteiger partial charge in [-0.05, 0) is 12.5 Å². The molecule has 1 aliphatic carbocycles. The van der Waals surface area contributed by atoms with E-state index in [0.29, 0.717) is 6.42 Å². The third-order valence-corrected chi connectivity index (χ3v) is 2.06. The van der Waals surface area contributed by atoms with Crippen LogP contribution in [-0.4, -0.2) is 10.1 Å². The van der Waals surface area contributed by atoms with E-state index in [1.165, 1.54) is 0 Å². The van der Waals surface area contributed by atoms with Gasteiger partial charge in [-0.2, -0.15) is 0 Å². The molecule has 11 heavy (non-hydrogen) atoms. The lowest BCUT2D eigenvalue weighted by molar-refractivity contribution is 0.173. The van der Waals surface area contributed by atoms with Gasteiger partial charge in [-0.15, -0.1) is 0 Å². The van der Waals surface area contributed by atoms with Gasteiger partial charge in [0, 0.05) is 11.8 Å². The van der Waals surface area contributed by atoms with E-state index in [4.69, 9.17) is 5.73 Å². The van der Waals surface area contributed by atoms with E-state index in [0.717, 1.165) is 11.3 Å². The summed E-state index contributed by atoms with van der Waals surface area (Å²) in [6.07, 6.45) is 1.90. The van der Waals surface area contributed by atoms with Crippen molar-refractivity contribution in [3.63, 3.8) is 0 Å². The van der Waals surface area contributed by atoms with Crippen LogP contribution < -0.4 is 5.73 Å². The molecule has 0 saturated heterocycles. The van der Waals surface area contributed by atoms with Crippen molar-refractivity contribution in [1.29, 1.82) is 0 Å². The summed E-state index contributed by atoms with van der Waals surface area (Å²) in [6, 6.07) is 3.61. The van der Waals surface area contributed by atoms with Crippen molar-refractivity contribution in [2.24, 2.45) is 5.73 Å². The quantitative estimate of drug-likeness (QED) is 0.566. The van der Waals surface area contributed by atoms with Crippen LogP contribution in [0.1, 0.15) is 29.8 Å². The standard InChI is InChI=1S/C8H10N2O/c9-6-4-7(11)5-2-1-3-10-8(5)6/h1-3,6-7,11H,4,9H2/t6-,7+/m0/s1. The van der Waals surface area contributed by atoms with Crippen LogP contribution >= 0.6 is 0 Å². The third-order valence-electron chi connectivity index (χ3n) is 2.06. The number of aliphatic hydroxyl groups is 1. The Morgan fingerprint density at radius 1 is 1.64 bits per heavy atom. The fourth-order valence-corrected chi connectivity index (χ4v) is 1.50. The molecular formula is C8H10N2O. The van der Waals surface area contributed by atoms with Crippen LogP contribution in [0.3, 0.4) is 0 Å². The fourth-order valence-electron chi connectivity index (χ4n) is 1.50. The fraction of sp³-hybridized carbons (Fsp3) is 0.375. The van der Waals surface area contributed by atoms with Gasteiger partial charge < -0.3 is 10.8 Å². The summed E-state index contributed by atoms with van der Waals surface area (Å²) in [7, 11) is 0. The molecule has 0 bridgehead atoms. The first kappa shape index (κ1) is 6.76. The summed E-state index contributed by atoms with van der Waals surface area (Å²) in [4.78, 5) is 4.11. The summed E-state index contributed by atoms with van der Waals surface area (Å²) in [5, 5.41) is 9.43. The maximum Gasteiger partial charge on any atom is 0.0826 e. The van der Waals surface area contributed by atoms with E-state index < -0.39 is 6.10 Å². The maximum absolute atomic E-state index is 9.43. The maximum atomic E-state index is 9.43. The zero-order valence-corrected chi connectivity index (χ0v) is 6.07. The lowest BCUT2D eigenvalue weighted by atomic mass is 10.2. The predicted molar refractivity (Wildman–Crippen MR) is 40.7 cm³/mol. The van der Waals surface area contributed by atoms with Gasteiger partial charge in [0.15, 0.2) is 0 Å². The molecule has 3 N–H and O–H groups in total. The molecule has 0 aromatic carbocycles. The second-order valence-electron chi connectivity index (χ2n) is 2.84. The minimum atomic E-state index is -0.409. The summed E-state index contributed by atoms with van der Waals surface area (Å²) in [6.45, 7) is 0. The molecular weight excluding hydrogens is 140 g/mol. The van der Waals surface area contributed by atoms with Crippen LogP contribution in [0.25, 0.3) is 0 Å². The summed E-state index contributed by atoms with van der Waals surface area (Å²) < 4.78 is 0. The first-order chi connectivity index (χ1) is 5.29. The van der Waals surface area contributed by atoms with Crippen LogP contribution in [0, 0.1) is 0 Å². The van der Waals surface area contributed by atoms with Crippen molar-refractivity contribution in [3.05, 3.63) is 29.6 Å². The predicted octanol–water partition coefficient (Wildman–Crippen LogP) is 0.518. The van der Waals surface area contributed by atoms with E-state index in [1.54, 1.807) is 6.20 Å². The van der Waals surface area contributed by atoms with Gasteiger partial charge in [-0.25, -0.2) is 0 Å². The van der Waals surface area contributed by atoms with Gasteiger partial charge in [0.1, 0.15) is 0 Å². The van der Waals surface area contributed by atoms with E-state index in [2.05, 4.69) is 4.98 Å². The highest BCUT2D eigenvalue weighted by atomic mass is 16.3. The lowest BCUT2D eigenvalue weighted by Gasteiger charge is -2.00. The first-order valence-electron chi connectivity index (χ1n) is 3.67. The number of fused-ring (bicyclic) bond motifs is 1. The van der Waals surface area contributed by atoms with E-state index in [-0.39, 0.29) is 6.04 Å². The highest BCUT2D eigenvalue weighted by Crippen LogP contribution is 2.34. The van der Waals surface area contributed by atoms with Gasteiger partial charge >= 0.3 is 0 Å². The largest absolute Gasteiger partial charge is 0.388 e. The normalized spacial score (nSPS) is 28.5. The smallest absolute Gasteiger partial charge is 0.0826 e. The van der Waals surface area contributed by atoms with E-state index in [9.17, 15) is 5.11 Å². The highest BCUT2D eigenvalue weighted by molar-refractivity contribution is 5.29. The minimum Gasteiger partial charge on any atom is -0.388 e. The van der Waals surface area contributed by atoms with Gasteiger partial charge in [0.2, 0.25) is 0 Å². The summed E-state index contributed by atoms with van der Waals surface area (Å²) in [5.74, 6) is 0. The molecule has 2 atom stereocenters. The Labute approximate surface area is 64.9 Å². The zero-order chi connectivity index (χ0) is 7.84. The number of hydrogen-bond acceptors (Lipinski definition) is 3. The van der Waals surface area contributed by atoms with E-state index in [1.807, 2.05) is 12.1 Å². The summed E-state index contributed by atoms with van der Waals surface area (Å²) in [5.41, 5.74) is 7.45. The Hall–Kier alpha value is -0.930. The molecule has 1 aromatic heterocycles. The van der Waals surface area contributed by atoms with Gasteiger partial charge in [0.05, 0.1) is 17.8 Å². The molecule has 2 rings (SSSR count). The van der Waals surface area contributed by atoms with Gasteiger partial charge in [0.25, 0.3) is 0 Å². The number of aromatic nitrogens is 1. The number of nitrogens with two attached hydrogens (primary N) is 1.